The molecular weight excluding hydrogens is 302 g/mol. The van der Waals surface area contributed by atoms with Crippen LogP contribution in [0.1, 0.15) is 19.6 Å². The van der Waals surface area contributed by atoms with Gasteiger partial charge in [-0.15, -0.1) is 0 Å². The van der Waals surface area contributed by atoms with Crippen LogP contribution in [0.2, 0.25) is 5.02 Å². The second-order valence-corrected chi connectivity index (χ2v) is 5.28. The number of halogens is 1. The number of nitrogens with zero attached hydrogens (tertiary/aromatic N) is 2. The normalized spacial score (nSPS) is 16.6. The molecule has 1 aromatic heterocycles. The molecule has 0 spiro atoms. The molecule has 0 aliphatic carbocycles. The molecule has 7 heteroatoms. The zero-order chi connectivity index (χ0) is 17.6. The van der Waals surface area contributed by atoms with Crippen LogP contribution in [0.4, 0.5) is 5.69 Å². The summed E-state index contributed by atoms with van der Waals surface area (Å²) in [5, 5.41) is 9.98. The first-order chi connectivity index (χ1) is 11.2. The number of benzene rings is 1. The summed E-state index contributed by atoms with van der Waals surface area (Å²) in [6.07, 6.45) is 0. The van der Waals surface area contributed by atoms with Crippen molar-refractivity contribution >= 4 is 29.9 Å². The van der Waals surface area contributed by atoms with Gasteiger partial charge in [0.05, 0.1) is 20.9 Å². The standard InChI is InChI=1S/C15H12BClN2O3/c1-8-4-11-10(7-21-16(11)20)5-14(8)22-15-12(17)6-13(18-3)9(2)19-15/h4-6,20H,7H2,1-2H3/i7D2. The van der Waals surface area contributed by atoms with Crippen LogP contribution in [0.15, 0.2) is 18.2 Å². The molecule has 110 valence electrons. The lowest BCUT2D eigenvalue weighted by molar-refractivity contribution is 0.275. The first-order valence-corrected chi connectivity index (χ1v) is 6.84. The van der Waals surface area contributed by atoms with Gasteiger partial charge < -0.3 is 14.4 Å². The van der Waals surface area contributed by atoms with Gasteiger partial charge in [-0.2, -0.15) is 0 Å². The quantitative estimate of drug-likeness (QED) is 0.684. The van der Waals surface area contributed by atoms with Crippen molar-refractivity contribution in [2.45, 2.75) is 20.4 Å². The first-order valence-electron chi connectivity index (χ1n) is 7.46. The second kappa shape index (κ2) is 5.62. The Morgan fingerprint density at radius 1 is 1.50 bits per heavy atom. The highest BCUT2D eigenvalue weighted by Gasteiger charge is 2.28. The molecule has 0 amide bonds. The molecule has 3 rings (SSSR count). The maximum atomic E-state index is 9.80. The predicted octanol–water partition coefficient (Wildman–Crippen LogP) is 2.91. The van der Waals surface area contributed by atoms with Crippen LogP contribution in [-0.2, 0) is 11.2 Å². The summed E-state index contributed by atoms with van der Waals surface area (Å²) in [6, 6.07) is 4.55. The average Bonchev–Trinajstić information content (AvgIpc) is 2.72. The van der Waals surface area contributed by atoms with Crippen molar-refractivity contribution in [2.24, 2.45) is 0 Å². The summed E-state index contributed by atoms with van der Waals surface area (Å²) >= 11 is 6.11. The van der Waals surface area contributed by atoms with Gasteiger partial charge in [-0.25, -0.2) is 9.83 Å². The van der Waals surface area contributed by atoms with E-state index in [-0.39, 0.29) is 16.5 Å². The average molecular weight is 317 g/mol. The minimum atomic E-state index is -2.11. The van der Waals surface area contributed by atoms with Crippen LogP contribution < -0.4 is 10.2 Å². The highest BCUT2D eigenvalue weighted by atomic mass is 35.5. The van der Waals surface area contributed by atoms with E-state index in [2.05, 4.69) is 9.83 Å². The van der Waals surface area contributed by atoms with Crippen LogP contribution in [0.25, 0.3) is 4.85 Å². The Labute approximate surface area is 136 Å². The Morgan fingerprint density at radius 2 is 2.27 bits per heavy atom. The van der Waals surface area contributed by atoms with E-state index in [0.29, 0.717) is 28.2 Å². The maximum absolute atomic E-state index is 9.80. The summed E-state index contributed by atoms with van der Waals surface area (Å²) in [6.45, 7) is 8.38. The van der Waals surface area contributed by atoms with Crippen LogP contribution in [-0.4, -0.2) is 17.1 Å². The molecule has 0 fully saturated rings. The van der Waals surface area contributed by atoms with Crippen molar-refractivity contribution in [2.75, 3.05) is 0 Å². The van der Waals surface area contributed by atoms with Gasteiger partial charge in [-0.3, -0.25) is 0 Å². The summed E-state index contributed by atoms with van der Waals surface area (Å²) < 4.78 is 26.3. The predicted molar refractivity (Wildman–Crippen MR) is 83.9 cm³/mol. The second-order valence-electron chi connectivity index (χ2n) is 4.87. The zero-order valence-electron chi connectivity index (χ0n) is 13.8. The number of hydrogen-bond donors (Lipinski definition) is 1. The molecule has 1 aromatic carbocycles. The molecule has 0 saturated carbocycles. The Balaban J connectivity index is 2.04. The zero-order valence-corrected chi connectivity index (χ0v) is 12.6. The molecule has 2 heterocycles. The Kier molecular flexibility index (Phi) is 3.18. The molecule has 0 atom stereocenters. The molecule has 1 aliphatic rings. The number of rotatable bonds is 2. The van der Waals surface area contributed by atoms with E-state index in [9.17, 15) is 5.02 Å². The SMILES string of the molecule is [2H]C1([2H])OB(O)c2cc(C)c(Oc3nc(C)c([N+]#[C-])cc3Cl)cc21. The fourth-order valence-corrected chi connectivity index (χ4v) is 2.32. The van der Waals surface area contributed by atoms with Crippen LogP contribution in [0, 0.1) is 20.4 Å². The summed E-state index contributed by atoms with van der Waals surface area (Å²) in [5.41, 5.74) is 2.05. The Morgan fingerprint density at radius 3 is 3.00 bits per heavy atom. The lowest BCUT2D eigenvalue weighted by Crippen LogP contribution is -2.28. The molecule has 22 heavy (non-hydrogen) atoms. The van der Waals surface area contributed by atoms with Gasteiger partial charge in [0.25, 0.3) is 0 Å². The fraction of sp³-hybridized carbons (Fsp3) is 0.200. The van der Waals surface area contributed by atoms with Crippen molar-refractivity contribution in [1.82, 2.24) is 4.98 Å². The van der Waals surface area contributed by atoms with Gasteiger partial charge in [-0.05, 0) is 42.6 Å². The number of aryl methyl sites for hydroxylation is 2. The fourth-order valence-electron chi connectivity index (χ4n) is 2.13. The van der Waals surface area contributed by atoms with Gasteiger partial charge in [-0.1, -0.05) is 17.7 Å². The summed E-state index contributed by atoms with van der Waals surface area (Å²) in [5.74, 6) is 0.476. The van der Waals surface area contributed by atoms with Crippen molar-refractivity contribution in [3.8, 4) is 11.6 Å². The van der Waals surface area contributed by atoms with E-state index in [1.54, 1.807) is 19.9 Å². The van der Waals surface area contributed by atoms with E-state index in [0.717, 1.165) is 0 Å². The van der Waals surface area contributed by atoms with Crippen LogP contribution in [0.5, 0.6) is 11.6 Å². The molecule has 1 aliphatic heterocycles. The molecular formula is C15H12BClN2O3. The molecule has 0 unspecified atom stereocenters. The van der Waals surface area contributed by atoms with Gasteiger partial charge in [0.1, 0.15) is 5.75 Å². The number of aromatic nitrogens is 1. The van der Waals surface area contributed by atoms with Crippen LogP contribution in [0.3, 0.4) is 0 Å². The highest BCUT2D eigenvalue weighted by molar-refractivity contribution is 6.61. The Bertz CT molecular complexity index is 886. The molecule has 2 aromatic rings. The summed E-state index contributed by atoms with van der Waals surface area (Å²) in [4.78, 5) is 7.51. The Hall–Kier alpha value is -2.07. The lowest BCUT2D eigenvalue weighted by Gasteiger charge is -2.12. The molecule has 0 bridgehead atoms. The smallest absolute Gasteiger partial charge is 0.437 e. The molecule has 0 saturated heterocycles. The highest BCUT2D eigenvalue weighted by Crippen LogP contribution is 2.34. The van der Waals surface area contributed by atoms with E-state index in [1.165, 1.54) is 12.1 Å². The third-order valence-corrected chi connectivity index (χ3v) is 3.60. The van der Waals surface area contributed by atoms with Crippen molar-refractivity contribution in [1.29, 1.82) is 0 Å². The van der Waals surface area contributed by atoms with Gasteiger partial charge >= 0.3 is 7.12 Å². The van der Waals surface area contributed by atoms with E-state index in [1.807, 2.05) is 0 Å². The summed E-state index contributed by atoms with van der Waals surface area (Å²) in [7, 11) is -1.32. The van der Waals surface area contributed by atoms with E-state index in [4.69, 9.17) is 30.3 Å². The maximum Gasteiger partial charge on any atom is 0.491 e. The topological polar surface area (TPSA) is 55.9 Å². The molecule has 0 radical (unpaired) electrons. The van der Waals surface area contributed by atoms with Crippen molar-refractivity contribution in [3.63, 3.8) is 0 Å². The van der Waals surface area contributed by atoms with Crippen LogP contribution >= 0.6 is 11.6 Å². The first kappa shape index (κ1) is 12.5. The van der Waals surface area contributed by atoms with Crippen molar-refractivity contribution in [3.05, 3.63) is 51.5 Å². The largest absolute Gasteiger partial charge is 0.491 e. The third-order valence-electron chi connectivity index (χ3n) is 3.33. The molecule has 1 N–H and O–H groups in total. The third kappa shape index (κ3) is 2.55. The van der Waals surface area contributed by atoms with Gasteiger partial charge in [0.2, 0.25) is 11.6 Å². The van der Waals surface area contributed by atoms with E-state index >= 15 is 0 Å². The van der Waals surface area contributed by atoms with E-state index < -0.39 is 13.7 Å². The number of fused-ring (bicyclic) bond motifs is 1. The minimum Gasteiger partial charge on any atom is -0.437 e. The number of hydrogen-bond acceptors (Lipinski definition) is 4. The number of ether oxygens (including phenoxy) is 1. The van der Waals surface area contributed by atoms with Gasteiger partial charge in [0.15, 0.2) is 0 Å². The lowest BCUT2D eigenvalue weighted by atomic mass is 9.79. The monoisotopic (exact) mass is 316 g/mol. The van der Waals surface area contributed by atoms with Gasteiger partial charge in [0, 0.05) is 5.69 Å². The minimum absolute atomic E-state index is 0.129. The van der Waals surface area contributed by atoms with Crippen molar-refractivity contribution < 1.29 is 17.2 Å². The number of pyridine rings is 1. The molecule has 5 nitrogen and oxygen atoms in total.